The SMILES string of the molecule is C=P(C)(C)CCC1OC(n2cnc3c(N)ccnc32)[C@H](Br)[C@@H]1O. The van der Waals surface area contributed by atoms with Gasteiger partial charge in [-0.05, 0) is 32.0 Å². The zero-order valence-corrected chi connectivity index (χ0v) is 15.7. The van der Waals surface area contributed by atoms with Crippen molar-refractivity contribution in [3.63, 3.8) is 0 Å². The monoisotopic (exact) mass is 400 g/mol. The van der Waals surface area contributed by atoms with Crippen molar-refractivity contribution in [2.45, 2.75) is 29.7 Å². The van der Waals surface area contributed by atoms with E-state index in [0.29, 0.717) is 16.9 Å². The van der Waals surface area contributed by atoms with Gasteiger partial charge in [-0.25, -0.2) is 9.97 Å². The molecule has 4 atom stereocenters. The first-order valence-corrected chi connectivity index (χ1v) is 11.5. The van der Waals surface area contributed by atoms with Gasteiger partial charge in [-0.3, -0.25) is 4.57 Å². The van der Waals surface area contributed by atoms with Crippen LogP contribution < -0.4 is 5.73 Å². The Bertz CT molecular complexity index is 759. The fraction of sp³-hybridized carbons (Fsp3) is 0.533. The number of rotatable bonds is 4. The van der Waals surface area contributed by atoms with Crippen LogP contribution in [-0.2, 0) is 4.74 Å². The van der Waals surface area contributed by atoms with Gasteiger partial charge in [-0.2, -0.15) is 0 Å². The van der Waals surface area contributed by atoms with Gasteiger partial charge in [-0.1, -0.05) is 15.9 Å². The Morgan fingerprint density at radius 2 is 2.22 bits per heavy atom. The number of alkyl halides is 1. The van der Waals surface area contributed by atoms with E-state index in [0.717, 1.165) is 12.6 Å². The smallest absolute Gasteiger partial charge is 0.164 e. The van der Waals surface area contributed by atoms with Crippen LogP contribution in [0.2, 0.25) is 0 Å². The van der Waals surface area contributed by atoms with Gasteiger partial charge in [0.2, 0.25) is 0 Å². The number of nitrogen functional groups attached to an aromatic ring is 1. The third kappa shape index (κ3) is 3.33. The van der Waals surface area contributed by atoms with Crippen LogP contribution in [0.5, 0.6) is 0 Å². The van der Waals surface area contributed by atoms with Crippen molar-refractivity contribution in [1.82, 2.24) is 14.5 Å². The summed E-state index contributed by atoms with van der Waals surface area (Å²) in [6, 6.07) is 1.72. The molecular formula is C15H22BrN4O2P. The standard InChI is InChI=1S/C15H22BrN4O2P/c1-23(2,3)7-5-10-13(21)11(16)15(22-10)20-8-19-12-9(17)4-6-18-14(12)20/h4,6,8,10-11,13,15,21H,1,5,7H2,2-3H3,(H2,17,18)/t10?,11-,13-,15?/m1/s1. The van der Waals surface area contributed by atoms with Crippen LogP contribution in [0.3, 0.4) is 0 Å². The lowest BCUT2D eigenvalue weighted by Crippen LogP contribution is -2.28. The lowest BCUT2D eigenvalue weighted by atomic mass is 10.1. The summed E-state index contributed by atoms with van der Waals surface area (Å²) in [6.45, 7) is 3.23. The zero-order valence-electron chi connectivity index (χ0n) is 13.3. The summed E-state index contributed by atoms with van der Waals surface area (Å²) in [4.78, 5) is 8.45. The van der Waals surface area contributed by atoms with Gasteiger partial charge in [0.05, 0.1) is 29.0 Å². The molecule has 2 aromatic heterocycles. The lowest BCUT2D eigenvalue weighted by molar-refractivity contribution is -0.0174. The largest absolute Gasteiger partial charge is 0.397 e. The van der Waals surface area contributed by atoms with Crippen LogP contribution in [0.25, 0.3) is 11.2 Å². The average Bonchev–Trinajstić information content (AvgIpc) is 3.01. The summed E-state index contributed by atoms with van der Waals surface area (Å²) in [5.41, 5.74) is 7.83. The second kappa shape index (κ2) is 6.20. The first-order valence-electron chi connectivity index (χ1n) is 7.50. The van der Waals surface area contributed by atoms with E-state index >= 15 is 0 Å². The van der Waals surface area contributed by atoms with E-state index in [-0.39, 0.29) is 17.2 Å². The van der Waals surface area contributed by atoms with Crippen molar-refractivity contribution in [1.29, 1.82) is 0 Å². The topological polar surface area (TPSA) is 86.2 Å². The molecule has 0 amide bonds. The number of anilines is 1. The average molecular weight is 401 g/mol. The maximum Gasteiger partial charge on any atom is 0.164 e. The molecule has 1 fully saturated rings. The van der Waals surface area contributed by atoms with Gasteiger partial charge < -0.3 is 15.6 Å². The van der Waals surface area contributed by atoms with E-state index in [1.165, 1.54) is 0 Å². The maximum absolute atomic E-state index is 10.5. The molecule has 0 radical (unpaired) electrons. The first kappa shape index (κ1) is 17.0. The Morgan fingerprint density at radius 3 is 2.91 bits per heavy atom. The molecule has 2 unspecified atom stereocenters. The lowest BCUT2D eigenvalue weighted by Gasteiger charge is -2.18. The van der Waals surface area contributed by atoms with Crippen LogP contribution in [0.15, 0.2) is 18.6 Å². The minimum Gasteiger partial charge on any atom is -0.397 e. The van der Waals surface area contributed by atoms with Crippen LogP contribution in [-0.4, -0.2) is 62.5 Å². The number of aliphatic hydroxyl groups is 1. The maximum atomic E-state index is 10.5. The number of ether oxygens (including phenoxy) is 1. The summed E-state index contributed by atoms with van der Waals surface area (Å²) in [7, 11) is 0. The molecule has 6 nitrogen and oxygen atoms in total. The number of imidazole rings is 1. The molecular weight excluding hydrogens is 379 g/mol. The van der Waals surface area contributed by atoms with Gasteiger partial charge in [0, 0.05) is 6.20 Å². The fourth-order valence-electron chi connectivity index (χ4n) is 2.78. The molecule has 0 aliphatic carbocycles. The number of hydrogen-bond donors (Lipinski definition) is 2. The predicted molar refractivity (Wildman–Crippen MR) is 99.9 cm³/mol. The van der Waals surface area contributed by atoms with Crippen molar-refractivity contribution in [2.75, 3.05) is 25.2 Å². The number of fused-ring (bicyclic) bond motifs is 1. The molecule has 23 heavy (non-hydrogen) atoms. The third-order valence-corrected chi connectivity index (χ3v) is 6.54. The number of aliphatic hydroxyl groups excluding tert-OH is 1. The minimum absolute atomic E-state index is 0.219. The summed E-state index contributed by atoms with van der Waals surface area (Å²) < 4.78 is 7.94. The van der Waals surface area contributed by atoms with Crippen LogP contribution in [0.4, 0.5) is 5.69 Å². The Kier molecular flexibility index (Phi) is 4.58. The Hall–Kier alpha value is -0.880. The van der Waals surface area contributed by atoms with E-state index in [1.54, 1.807) is 18.6 Å². The van der Waals surface area contributed by atoms with E-state index < -0.39 is 13.0 Å². The number of halogens is 1. The Labute approximate surface area is 144 Å². The predicted octanol–water partition coefficient (Wildman–Crippen LogP) is 2.13. The van der Waals surface area contributed by atoms with Gasteiger partial charge in [0.1, 0.15) is 5.52 Å². The van der Waals surface area contributed by atoms with Crippen molar-refractivity contribution >= 4 is 46.0 Å². The number of nitrogens with zero attached hydrogens (tertiary/aromatic N) is 3. The van der Waals surface area contributed by atoms with Crippen LogP contribution in [0, 0.1) is 0 Å². The number of aromatic nitrogens is 3. The molecule has 3 heterocycles. The number of hydrogen-bond acceptors (Lipinski definition) is 5. The molecule has 1 aliphatic rings. The molecule has 8 heteroatoms. The van der Waals surface area contributed by atoms with Gasteiger partial charge in [-0.15, -0.1) is 13.2 Å². The van der Waals surface area contributed by atoms with Crippen LogP contribution >= 0.6 is 22.8 Å². The molecule has 0 aromatic carbocycles. The number of pyridine rings is 1. The Morgan fingerprint density at radius 1 is 1.48 bits per heavy atom. The summed E-state index contributed by atoms with van der Waals surface area (Å²) in [6.07, 6.45) is 8.16. The van der Waals surface area contributed by atoms with Gasteiger partial charge in [0.25, 0.3) is 0 Å². The van der Waals surface area contributed by atoms with Gasteiger partial charge >= 0.3 is 0 Å². The molecule has 0 bridgehead atoms. The van der Waals surface area contributed by atoms with E-state index in [4.69, 9.17) is 10.5 Å². The second-order valence-electron chi connectivity index (χ2n) is 6.67. The van der Waals surface area contributed by atoms with Crippen molar-refractivity contribution < 1.29 is 9.84 Å². The summed E-state index contributed by atoms with van der Waals surface area (Å²) >= 11 is 3.57. The van der Waals surface area contributed by atoms with Crippen LogP contribution in [0.1, 0.15) is 12.6 Å². The van der Waals surface area contributed by atoms with Gasteiger partial charge in [0.15, 0.2) is 11.9 Å². The zero-order chi connectivity index (χ0) is 16.8. The molecule has 126 valence electrons. The van der Waals surface area contributed by atoms with E-state index in [1.807, 2.05) is 4.57 Å². The second-order valence-corrected chi connectivity index (χ2v) is 12.0. The van der Waals surface area contributed by atoms with E-state index in [9.17, 15) is 5.11 Å². The number of nitrogens with two attached hydrogens (primary N) is 1. The van der Waals surface area contributed by atoms with Crippen molar-refractivity contribution in [3.8, 4) is 0 Å². The summed E-state index contributed by atoms with van der Waals surface area (Å²) in [5.74, 6) is 0. The normalized spacial score (nSPS) is 28.5. The molecule has 3 N–H and O–H groups in total. The summed E-state index contributed by atoms with van der Waals surface area (Å²) in [5, 5.41) is 10.5. The van der Waals surface area contributed by atoms with Crippen molar-refractivity contribution in [2.24, 2.45) is 0 Å². The van der Waals surface area contributed by atoms with E-state index in [2.05, 4.69) is 45.5 Å². The van der Waals surface area contributed by atoms with Crippen molar-refractivity contribution in [3.05, 3.63) is 18.6 Å². The highest BCUT2D eigenvalue weighted by atomic mass is 79.9. The molecule has 1 aliphatic heterocycles. The molecule has 1 saturated heterocycles. The third-order valence-electron chi connectivity index (χ3n) is 4.08. The molecule has 3 rings (SSSR count). The highest BCUT2D eigenvalue weighted by Crippen LogP contribution is 2.41. The first-order chi connectivity index (χ1) is 10.8. The molecule has 0 spiro atoms. The molecule has 2 aromatic rings. The quantitative estimate of drug-likeness (QED) is 0.606. The molecule has 0 saturated carbocycles. The highest BCUT2D eigenvalue weighted by Gasteiger charge is 2.43. The minimum atomic E-state index is -1.14. The fourth-order valence-corrected chi connectivity index (χ4v) is 4.46. The highest BCUT2D eigenvalue weighted by molar-refractivity contribution is 9.09. The Balaban J connectivity index is 1.85.